The number of carbonyl (C=O) groups is 1. The molecule has 0 bridgehead atoms. The lowest BCUT2D eigenvalue weighted by Gasteiger charge is -2.38. The van der Waals surface area contributed by atoms with Crippen molar-refractivity contribution in [2.75, 3.05) is 13.1 Å². The van der Waals surface area contributed by atoms with Crippen LogP contribution < -0.4 is 0 Å². The van der Waals surface area contributed by atoms with Crippen molar-refractivity contribution in [2.45, 2.75) is 57.6 Å². The number of aromatic nitrogens is 3. The average Bonchev–Trinajstić information content (AvgIpc) is 3.30. The standard InChI is InChI=1S/C20H26N4O2/c1-14(2)24-12-18(21-22-24)20(26)10-5-11-23(13-20)19(25)17-9-4-7-15-6-3-8-16(15)17/h4,7,9,12,14,26H,3,5-6,8,10-11,13H2,1-2H3/t20-/m0/s1. The zero-order chi connectivity index (χ0) is 18.3. The summed E-state index contributed by atoms with van der Waals surface area (Å²) in [5.74, 6) is 0.0260. The van der Waals surface area contributed by atoms with Crippen LogP contribution in [0.1, 0.15) is 66.3 Å². The van der Waals surface area contributed by atoms with Gasteiger partial charge >= 0.3 is 0 Å². The second-order valence-corrected chi connectivity index (χ2v) is 7.84. The number of benzene rings is 1. The molecule has 0 spiro atoms. The van der Waals surface area contributed by atoms with E-state index in [1.807, 2.05) is 26.0 Å². The van der Waals surface area contributed by atoms with Crippen molar-refractivity contribution < 1.29 is 9.90 Å². The van der Waals surface area contributed by atoms with Crippen molar-refractivity contribution in [3.05, 3.63) is 46.8 Å². The molecule has 1 aliphatic heterocycles. The Morgan fingerprint density at radius 3 is 2.88 bits per heavy atom. The smallest absolute Gasteiger partial charge is 0.254 e. The van der Waals surface area contributed by atoms with Gasteiger partial charge in [0.15, 0.2) is 0 Å². The minimum Gasteiger partial charge on any atom is -0.382 e. The number of carbonyl (C=O) groups excluding carboxylic acids is 1. The summed E-state index contributed by atoms with van der Waals surface area (Å²) in [5.41, 5.74) is 2.72. The van der Waals surface area contributed by atoms with Crippen molar-refractivity contribution in [3.63, 3.8) is 0 Å². The molecule has 0 saturated carbocycles. The fourth-order valence-corrected chi connectivity index (χ4v) is 4.15. The second-order valence-electron chi connectivity index (χ2n) is 7.84. The third-order valence-corrected chi connectivity index (χ3v) is 5.65. The monoisotopic (exact) mass is 354 g/mol. The fraction of sp³-hybridized carbons (Fsp3) is 0.550. The Kier molecular flexibility index (Phi) is 4.31. The molecule has 1 aromatic heterocycles. The van der Waals surface area contributed by atoms with Gasteiger partial charge in [0.2, 0.25) is 0 Å². The third kappa shape index (κ3) is 2.92. The number of amides is 1. The van der Waals surface area contributed by atoms with E-state index in [4.69, 9.17) is 0 Å². The molecule has 6 nitrogen and oxygen atoms in total. The number of aliphatic hydroxyl groups is 1. The summed E-state index contributed by atoms with van der Waals surface area (Å²) in [6.45, 7) is 4.99. The number of β-amino-alcohol motifs (C(OH)–C–C–N with tert-alkyl or cyclic N) is 1. The van der Waals surface area contributed by atoms with Crippen LogP contribution in [0.15, 0.2) is 24.4 Å². The number of nitrogens with zero attached hydrogens (tertiary/aromatic N) is 4. The first-order chi connectivity index (χ1) is 12.5. The predicted octanol–water partition coefficient (Wildman–Crippen LogP) is 2.47. The molecule has 1 atom stereocenters. The molecule has 2 aromatic rings. The lowest BCUT2D eigenvalue weighted by Crippen LogP contribution is -2.49. The van der Waals surface area contributed by atoms with Crippen LogP contribution in [0, 0.1) is 0 Å². The fourth-order valence-electron chi connectivity index (χ4n) is 4.15. The van der Waals surface area contributed by atoms with E-state index < -0.39 is 5.60 Å². The molecule has 1 aromatic carbocycles. The number of rotatable bonds is 3. The lowest BCUT2D eigenvalue weighted by atomic mass is 9.89. The summed E-state index contributed by atoms with van der Waals surface area (Å²) >= 11 is 0. The molecule has 26 heavy (non-hydrogen) atoms. The summed E-state index contributed by atoms with van der Waals surface area (Å²) in [6, 6.07) is 6.21. The van der Waals surface area contributed by atoms with Gasteiger partial charge in [0.05, 0.1) is 12.7 Å². The van der Waals surface area contributed by atoms with Gasteiger partial charge in [0, 0.05) is 18.2 Å². The number of hydrogen-bond acceptors (Lipinski definition) is 4. The maximum atomic E-state index is 13.2. The predicted molar refractivity (Wildman–Crippen MR) is 97.9 cm³/mol. The maximum Gasteiger partial charge on any atom is 0.254 e. The van der Waals surface area contributed by atoms with Crippen LogP contribution in [-0.4, -0.2) is 44.0 Å². The van der Waals surface area contributed by atoms with Crippen LogP contribution >= 0.6 is 0 Å². The highest BCUT2D eigenvalue weighted by Gasteiger charge is 2.40. The van der Waals surface area contributed by atoms with Gasteiger partial charge in [-0.1, -0.05) is 17.3 Å². The first-order valence-corrected chi connectivity index (χ1v) is 9.53. The first-order valence-electron chi connectivity index (χ1n) is 9.53. The van der Waals surface area contributed by atoms with Gasteiger partial charge in [-0.15, -0.1) is 5.10 Å². The van der Waals surface area contributed by atoms with Gasteiger partial charge in [0.25, 0.3) is 5.91 Å². The maximum absolute atomic E-state index is 13.2. The van der Waals surface area contributed by atoms with E-state index in [0.717, 1.165) is 31.2 Å². The first kappa shape index (κ1) is 17.2. The quantitative estimate of drug-likeness (QED) is 0.919. The van der Waals surface area contributed by atoms with Crippen molar-refractivity contribution in [1.82, 2.24) is 19.9 Å². The number of likely N-dealkylation sites (tertiary alicyclic amines) is 1. The normalized spacial score (nSPS) is 22.7. The van der Waals surface area contributed by atoms with Crippen molar-refractivity contribution in [3.8, 4) is 0 Å². The molecule has 0 radical (unpaired) electrons. The van der Waals surface area contributed by atoms with Crippen molar-refractivity contribution in [2.24, 2.45) is 0 Å². The molecule has 1 aliphatic carbocycles. The van der Waals surface area contributed by atoms with E-state index in [9.17, 15) is 9.90 Å². The highest BCUT2D eigenvalue weighted by atomic mass is 16.3. The molecule has 6 heteroatoms. The van der Waals surface area contributed by atoms with E-state index in [1.165, 1.54) is 11.1 Å². The highest BCUT2D eigenvalue weighted by molar-refractivity contribution is 5.96. The van der Waals surface area contributed by atoms with Crippen molar-refractivity contribution >= 4 is 5.91 Å². The zero-order valence-electron chi connectivity index (χ0n) is 15.5. The highest BCUT2D eigenvalue weighted by Crippen LogP contribution is 2.32. The van der Waals surface area contributed by atoms with E-state index in [0.29, 0.717) is 18.7 Å². The Hall–Kier alpha value is -2.21. The number of piperidine rings is 1. The van der Waals surface area contributed by atoms with E-state index in [2.05, 4.69) is 16.4 Å². The molecule has 1 amide bonds. The van der Waals surface area contributed by atoms with Crippen LogP contribution in [0.5, 0.6) is 0 Å². The SMILES string of the molecule is CC(C)n1cc([C@]2(O)CCCN(C(=O)c3cccc4c3CCC4)C2)nn1. The third-order valence-electron chi connectivity index (χ3n) is 5.65. The van der Waals surface area contributed by atoms with Crippen LogP contribution in [0.4, 0.5) is 0 Å². The van der Waals surface area contributed by atoms with Crippen LogP contribution in [0.3, 0.4) is 0 Å². The zero-order valence-corrected chi connectivity index (χ0v) is 15.5. The molecule has 138 valence electrons. The molecule has 2 heterocycles. The Balaban J connectivity index is 1.58. The Labute approximate surface area is 153 Å². The minimum absolute atomic E-state index is 0.0260. The summed E-state index contributed by atoms with van der Waals surface area (Å²) in [5, 5.41) is 19.5. The number of aryl methyl sites for hydroxylation is 1. The molecule has 1 saturated heterocycles. The van der Waals surface area contributed by atoms with Crippen molar-refractivity contribution in [1.29, 1.82) is 0 Å². The van der Waals surface area contributed by atoms with Crippen LogP contribution in [0.25, 0.3) is 0 Å². The number of fused-ring (bicyclic) bond motifs is 1. The van der Waals surface area contributed by atoms with Crippen LogP contribution in [0.2, 0.25) is 0 Å². The van der Waals surface area contributed by atoms with E-state index in [-0.39, 0.29) is 18.5 Å². The summed E-state index contributed by atoms with van der Waals surface area (Å²) in [6.07, 6.45) is 6.30. The molecule has 1 N–H and O–H groups in total. The topological polar surface area (TPSA) is 71.2 Å². The lowest BCUT2D eigenvalue weighted by molar-refractivity contribution is -0.0321. The van der Waals surface area contributed by atoms with Gasteiger partial charge in [0.1, 0.15) is 11.3 Å². The summed E-state index contributed by atoms with van der Waals surface area (Å²) in [7, 11) is 0. The second kappa shape index (κ2) is 6.50. The van der Waals surface area contributed by atoms with Crippen LogP contribution in [-0.2, 0) is 18.4 Å². The van der Waals surface area contributed by atoms with Gasteiger partial charge in [-0.25, -0.2) is 4.68 Å². The Morgan fingerprint density at radius 1 is 1.27 bits per heavy atom. The molecular weight excluding hydrogens is 328 g/mol. The number of hydrogen-bond donors (Lipinski definition) is 1. The molecule has 4 rings (SSSR count). The van der Waals surface area contributed by atoms with E-state index >= 15 is 0 Å². The molecule has 0 unspecified atom stereocenters. The summed E-state index contributed by atoms with van der Waals surface area (Å²) in [4.78, 5) is 14.9. The van der Waals surface area contributed by atoms with E-state index in [1.54, 1.807) is 15.8 Å². The van der Waals surface area contributed by atoms with Gasteiger partial charge in [-0.3, -0.25) is 4.79 Å². The molecule has 1 fully saturated rings. The Bertz CT molecular complexity index is 829. The Morgan fingerprint density at radius 2 is 2.12 bits per heavy atom. The summed E-state index contributed by atoms with van der Waals surface area (Å²) < 4.78 is 1.75. The average molecular weight is 354 g/mol. The molecule has 2 aliphatic rings. The molecular formula is C20H26N4O2. The minimum atomic E-state index is -1.13. The van der Waals surface area contributed by atoms with Gasteiger partial charge < -0.3 is 10.0 Å². The van der Waals surface area contributed by atoms with Gasteiger partial charge in [-0.2, -0.15) is 0 Å². The van der Waals surface area contributed by atoms with Gasteiger partial charge in [-0.05, 0) is 63.1 Å². The largest absolute Gasteiger partial charge is 0.382 e.